The smallest absolute Gasteiger partial charge is 0.161 e. The molecule has 1 aliphatic heterocycles. The van der Waals surface area contributed by atoms with Gasteiger partial charge in [0.1, 0.15) is 13.2 Å². The Bertz CT molecular complexity index is 254. The number of ether oxygens (including phenoxy) is 2. The first-order valence-electron chi connectivity index (χ1n) is 4.74. The van der Waals surface area contributed by atoms with E-state index < -0.39 is 0 Å². The van der Waals surface area contributed by atoms with Crippen molar-refractivity contribution in [1.82, 2.24) is 0 Å². The van der Waals surface area contributed by atoms with Crippen molar-refractivity contribution in [3.63, 3.8) is 0 Å². The van der Waals surface area contributed by atoms with Crippen molar-refractivity contribution < 1.29 is 9.47 Å². The molecule has 0 spiro atoms. The third kappa shape index (κ3) is 3.50. The summed E-state index contributed by atoms with van der Waals surface area (Å²) in [5.74, 6) is 1.70. The predicted molar refractivity (Wildman–Crippen MR) is 61.0 cm³/mol. The second-order valence-corrected chi connectivity index (χ2v) is 3.51. The minimum Gasteiger partial charge on any atom is -0.486 e. The van der Waals surface area contributed by atoms with Crippen LogP contribution in [0, 0.1) is 0 Å². The third-order valence-corrected chi connectivity index (χ3v) is 2.12. The average molecular weight is 212 g/mol. The average Bonchev–Trinajstić information content (AvgIpc) is 2.21. The minimum absolute atomic E-state index is 0.639. The molecule has 1 fully saturated rings. The van der Waals surface area contributed by atoms with Gasteiger partial charge in [0.15, 0.2) is 11.5 Å². The maximum Gasteiger partial charge on any atom is 0.161 e. The number of thioether (sulfide) groups is 1. The van der Waals surface area contributed by atoms with E-state index in [0.29, 0.717) is 13.2 Å². The van der Waals surface area contributed by atoms with Gasteiger partial charge in [0.2, 0.25) is 0 Å². The second-order valence-electron chi connectivity index (χ2n) is 2.77. The Labute approximate surface area is 89.7 Å². The van der Waals surface area contributed by atoms with Crippen LogP contribution in [-0.2, 0) is 9.47 Å². The minimum atomic E-state index is 0.639. The van der Waals surface area contributed by atoms with Crippen molar-refractivity contribution in [1.29, 1.82) is 0 Å². The number of hydrogen-bond acceptors (Lipinski definition) is 3. The van der Waals surface area contributed by atoms with Crippen molar-refractivity contribution in [2.45, 2.75) is 13.3 Å². The van der Waals surface area contributed by atoms with Crippen LogP contribution in [0.25, 0.3) is 0 Å². The van der Waals surface area contributed by atoms with Crippen LogP contribution < -0.4 is 0 Å². The van der Waals surface area contributed by atoms with Crippen molar-refractivity contribution in [3.8, 4) is 0 Å². The Hall–Kier alpha value is -0.830. The number of rotatable bonds is 3. The van der Waals surface area contributed by atoms with Gasteiger partial charge in [-0.15, -0.1) is 11.8 Å². The lowest BCUT2D eigenvalue weighted by Gasteiger charge is -2.20. The fourth-order valence-corrected chi connectivity index (χ4v) is 1.36. The monoisotopic (exact) mass is 212 g/mol. The van der Waals surface area contributed by atoms with E-state index >= 15 is 0 Å². The molecule has 0 amide bonds. The standard InChI is InChI=1S/C11H16O2S/c1-3-5-10-11(6-4-9-14-2)13-8-7-12-10/h4-6,9H,3,7-8H2,1-2H3/b9-4-,10-5+,11-6+. The summed E-state index contributed by atoms with van der Waals surface area (Å²) in [6.45, 7) is 3.37. The van der Waals surface area contributed by atoms with Gasteiger partial charge in [-0.3, -0.25) is 0 Å². The summed E-state index contributed by atoms with van der Waals surface area (Å²) in [5.41, 5.74) is 0. The van der Waals surface area contributed by atoms with Gasteiger partial charge < -0.3 is 9.47 Å². The SMILES string of the molecule is CC/C=C1/OCCO/C1=C/C=C\SC. The highest BCUT2D eigenvalue weighted by Crippen LogP contribution is 2.18. The molecule has 0 aromatic heterocycles. The van der Waals surface area contributed by atoms with Crippen LogP contribution in [0.2, 0.25) is 0 Å². The Morgan fingerprint density at radius 2 is 2.00 bits per heavy atom. The van der Waals surface area contributed by atoms with Crippen LogP contribution in [-0.4, -0.2) is 19.5 Å². The highest BCUT2D eigenvalue weighted by atomic mass is 32.2. The van der Waals surface area contributed by atoms with E-state index in [-0.39, 0.29) is 0 Å². The van der Waals surface area contributed by atoms with E-state index in [9.17, 15) is 0 Å². The maximum absolute atomic E-state index is 5.50. The molecular weight excluding hydrogens is 196 g/mol. The zero-order valence-corrected chi connectivity index (χ0v) is 9.47. The molecule has 1 rings (SSSR count). The number of allylic oxidation sites excluding steroid dienone is 3. The lowest BCUT2D eigenvalue weighted by Crippen LogP contribution is -2.13. The van der Waals surface area contributed by atoms with Crippen LogP contribution in [0.4, 0.5) is 0 Å². The molecule has 0 bridgehead atoms. The van der Waals surface area contributed by atoms with Crippen LogP contribution in [0.3, 0.4) is 0 Å². The van der Waals surface area contributed by atoms with Gasteiger partial charge in [0.25, 0.3) is 0 Å². The maximum atomic E-state index is 5.50. The van der Waals surface area contributed by atoms with Crippen molar-refractivity contribution in [2.75, 3.05) is 19.5 Å². The summed E-state index contributed by atoms with van der Waals surface area (Å²) in [4.78, 5) is 0. The zero-order chi connectivity index (χ0) is 10.2. The van der Waals surface area contributed by atoms with Crippen molar-refractivity contribution in [3.05, 3.63) is 35.2 Å². The molecule has 0 unspecified atom stereocenters. The van der Waals surface area contributed by atoms with Crippen LogP contribution in [0.1, 0.15) is 13.3 Å². The fraction of sp³-hybridized carbons (Fsp3) is 0.455. The normalized spacial score (nSPS) is 22.7. The Morgan fingerprint density at radius 3 is 2.64 bits per heavy atom. The summed E-state index contributed by atoms with van der Waals surface area (Å²) in [6.07, 6.45) is 8.94. The van der Waals surface area contributed by atoms with Crippen LogP contribution >= 0.6 is 11.8 Å². The Balaban J connectivity index is 2.67. The molecule has 3 heteroatoms. The largest absolute Gasteiger partial charge is 0.486 e. The van der Waals surface area contributed by atoms with Crippen molar-refractivity contribution in [2.24, 2.45) is 0 Å². The molecule has 1 saturated heterocycles. The topological polar surface area (TPSA) is 18.5 Å². The van der Waals surface area contributed by atoms with Gasteiger partial charge in [0.05, 0.1) is 0 Å². The predicted octanol–water partition coefficient (Wildman–Crippen LogP) is 3.09. The summed E-state index contributed by atoms with van der Waals surface area (Å²) in [6, 6.07) is 0. The first-order valence-corrected chi connectivity index (χ1v) is 6.03. The van der Waals surface area contributed by atoms with E-state index in [1.54, 1.807) is 11.8 Å². The molecule has 0 atom stereocenters. The molecule has 0 aromatic carbocycles. The first kappa shape index (κ1) is 11.2. The summed E-state index contributed by atoms with van der Waals surface area (Å²) in [5, 5.41) is 2.01. The van der Waals surface area contributed by atoms with Gasteiger partial charge in [-0.2, -0.15) is 0 Å². The third-order valence-electron chi connectivity index (χ3n) is 1.69. The molecular formula is C11H16O2S. The lowest BCUT2D eigenvalue weighted by molar-refractivity contribution is 0.0591. The van der Waals surface area contributed by atoms with Crippen LogP contribution in [0.15, 0.2) is 35.2 Å². The summed E-state index contributed by atoms with van der Waals surface area (Å²) in [7, 11) is 0. The van der Waals surface area contributed by atoms with Crippen LogP contribution in [0.5, 0.6) is 0 Å². The summed E-state index contributed by atoms with van der Waals surface area (Å²) < 4.78 is 11.0. The van der Waals surface area contributed by atoms with Gasteiger partial charge in [-0.05, 0) is 30.2 Å². The first-order chi connectivity index (χ1) is 6.88. The zero-order valence-electron chi connectivity index (χ0n) is 8.66. The Morgan fingerprint density at radius 1 is 1.29 bits per heavy atom. The van der Waals surface area contributed by atoms with Gasteiger partial charge in [0, 0.05) is 0 Å². The van der Waals surface area contributed by atoms with Crippen molar-refractivity contribution >= 4 is 11.8 Å². The molecule has 0 aliphatic carbocycles. The summed E-state index contributed by atoms with van der Waals surface area (Å²) >= 11 is 1.66. The quantitative estimate of drug-likeness (QED) is 0.716. The molecule has 0 saturated carbocycles. The van der Waals surface area contributed by atoms with E-state index in [4.69, 9.17) is 9.47 Å². The Kier molecular flexibility index (Phi) is 5.30. The molecule has 1 heterocycles. The highest BCUT2D eigenvalue weighted by molar-refractivity contribution is 8.01. The van der Waals surface area contributed by atoms with Gasteiger partial charge >= 0.3 is 0 Å². The number of hydrogen-bond donors (Lipinski definition) is 0. The molecule has 2 nitrogen and oxygen atoms in total. The molecule has 1 aliphatic rings. The molecule has 0 N–H and O–H groups in total. The highest BCUT2D eigenvalue weighted by Gasteiger charge is 2.12. The van der Waals surface area contributed by atoms with Gasteiger partial charge in [-0.1, -0.05) is 13.0 Å². The molecule has 14 heavy (non-hydrogen) atoms. The molecule has 0 radical (unpaired) electrons. The van der Waals surface area contributed by atoms with E-state index in [1.807, 2.05) is 29.9 Å². The molecule has 0 aromatic rings. The second kappa shape index (κ2) is 6.60. The molecule has 78 valence electrons. The lowest BCUT2D eigenvalue weighted by atomic mass is 10.3. The van der Waals surface area contributed by atoms with E-state index in [1.165, 1.54) is 0 Å². The van der Waals surface area contributed by atoms with E-state index in [0.717, 1.165) is 17.9 Å². The van der Waals surface area contributed by atoms with Gasteiger partial charge in [-0.25, -0.2) is 0 Å². The van der Waals surface area contributed by atoms with E-state index in [2.05, 4.69) is 6.92 Å². The fourth-order valence-electron chi connectivity index (χ4n) is 1.13.